The van der Waals surface area contributed by atoms with E-state index in [1.807, 2.05) is 19.0 Å². The van der Waals surface area contributed by atoms with E-state index < -0.39 is 0 Å². The van der Waals surface area contributed by atoms with Gasteiger partial charge in [0.15, 0.2) is 5.82 Å². The monoisotopic (exact) mass is 356 g/mol. The highest BCUT2D eigenvalue weighted by atomic mass is 32.2. The lowest BCUT2D eigenvalue weighted by atomic mass is 10.2. The first-order valence-corrected chi connectivity index (χ1v) is 9.16. The van der Waals surface area contributed by atoms with Crippen molar-refractivity contribution in [2.24, 2.45) is 5.92 Å². The van der Waals surface area contributed by atoms with Crippen molar-refractivity contribution < 1.29 is 14.1 Å². The summed E-state index contributed by atoms with van der Waals surface area (Å²) in [5, 5.41) is 6.35. The zero-order valence-corrected chi connectivity index (χ0v) is 16.0. The Balaban J connectivity index is 2.36. The van der Waals surface area contributed by atoms with Crippen LogP contribution in [0.25, 0.3) is 0 Å². The third-order valence-corrected chi connectivity index (χ3v) is 4.03. The Morgan fingerprint density at radius 3 is 2.54 bits per heavy atom. The number of nitrogens with zero attached hydrogens (tertiary/aromatic N) is 3. The number of aryl methyl sites for hydroxylation is 1. The van der Waals surface area contributed by atoms with E-state index in [4.69, 9.17) is 4.52 Å². The second kappa shape index (κ2) is 10.4. The Morgan fingerprint density at radius 2 is 2.00 bits per heavy atom. The Kier molecular flexibility index (Phi) is 8.84. The summed E-state index contributed by atoms with van der Waals surface area (Å²) in [5.74, 6) is 1.84. The lowest BCUT2D eigenvalue weighted by Gasteiger charge is -2.26. The molecule has 0 aromatic carbocycles. The number of hydrogen-bond acceptors (Lipinski definition) is 6. The summed E-state index contributed by atoms with van der Waals surface area (Å²) in [5.41, 5.74) is 0. The van der Waals surface area contributed by atoms with Gasteiger partial charge in [-0.25, -0.2) is 0 Å². The zero-order chi connectivity index (χ0) is 18.1. The maximum absolute atomic E-state index is 12.4. The SMILES string of the molecule is Cc1cc(NC(=O)CSCC(=O)N(CCN(C)C)CC(C)C)no1. The smallest absolute Gasteiger partial charge is 0.235 e. The predicted octanol–water partition coefficient (Wildman–Crippen LogP) is 1.70. The van der Waals surface area contributed by atoms with E-state index in [0.717, 1.165) is 13.1 Å². The Bertz CT molecular complexity index is 531. The first-order valence-electron chi connectivity index (χ1n) is 8.01. The van der Waals surface area contributed by atoms with Gasteiger partial charge in [-0.1, -0.05) is 19.0 Å². The second-order valence-electron chi connectivity index (χ2n) is 6.40. The van der Waals surface area contributed by atoms with Gasteiger partial charge >= 0.3 is 0 Å². The molecule has 0 aliphatic heterocycles. The highest BCUT2D eigenvalue weighted by Crippen LogP contribution is 2.09. The van der Waals surface area contributed by atoms with Crippen LogP contribution in [0, 0.1) is 12.8 Å². The number of aromatic nitrogens is 1. The minimum Gasteiger partial charge on any atom is -0.360 e. The average Bonchev–Trinajstić information content (AvgIpc) is 2.87. The van der Waals surface area contributed by atoms with Crippen LogP contribution in [-0.2, 0) is 9.59 Å². The molecule has 1 aromatic rings. The summed E-state index contributed by atoms with van der Waals surface area (Å²) in [6.07, 6.45) is 0. The summed E-state index contributed by atoms with van der Waals surface area (Å²) in [7, 11) is 3.98. The van der Waals surface area contributed by atoms with Crippen LogP contribution in [0.15, 0.2) is 10.6 Å². The fourth-order valence-corrected chi connectivity index (χ4v) is 2.72. The number of carbonyl (C=O) groups excluding carboxylic acids is 2. The van der Waals surface area contributed by atoms with Crippen LogP contribution in [0.1, 0.15) is 19.6 Å². The van der Waals surface area contributed by atoms with E-state index in [0.29, 0.717) is 29.8 Å². The number of anilines is 1. The quantitative estimate of drug-likeness (QED) is 0.687. The van der Waals surface area contributed by atoms with Crippen molar-refractivity contribution in [3.63, 3.8) is 0 Å². The van der Waals surface area contributed by atoms with Crippen molar-refractivity contribution in [2.45, 2.75) is 20.8 Å². The van der Waals surface area contributed by atoms with Gasteiger partial charge in [-0.15, -0.1) is 11.8 Å². The first kappa shape index (κ1) is 20.5. The van der Waals surface area contributed by atoms with Crippen LogP contribution in [0.2, 0.25) is 0 Å². The van der Waals surface area contributed by atoms with Crippen molar-refractivity contribution in [1.29, 1.82) is 0 Å². The van der Waals surface area contributed by atoms with E-state index in [2.05, 4.69) is 29.2 Å². The fraction of sp³-hybridized carbons (Fsp3) is 0.688. The van der Waals surface area contributed by atoms with E-state index in [1.54, 1.807) is 13.0 Å². The highest BCUT2D eigenvalue weighted by molar-refractivity contribution is 8.00. The minimum absolute atomic E-state index is 0.0700. The van der Waals surface area contributed by atoms with Crippen molar-refractivity contribution in [3.05, 3.63) is 11.8 Å². The normalized spacial score (nSPS) is 11.1. The van der Waals surface area contributed by atoms with Gasteiger partial charge in [0.1, 0.15) is 5.76 Å². The summed E-state index contributed by atoms with van der Waals surface area (Å²) in [4.78, 5) is 28.1. The molecule has 24 heavy (non-hydrogen) atoms. The summed E-state index contributed by atoms with van der Waals surface area (Å²) in [6.45, 7) is 8.21. The van der Waals surface area contributed by atoms with Crippen LogP contribution in [0.5, 0.6) is 0 Å². The van der Waals surface area contributed by atoms with Gasteiger partial charge in [0.05, 0.1) is 11.5 Å². The predicted molar refractivity (Wildman–Crippen MR) is 97.2 cm³/mol. The Labute approximate surface area is 148 Å². The molecule has 8 heteroatoms. The molecule has 1 heterocycles. The molecule has 0 spiro atoms. The van der Waals surface area contributed by atoms with Crippen LogP contribution < -0.4 is 5.32 Å². The maximum Gasteiger partial charge on any atom is 0.235 e. The van der Waals surface area contributed by atoms with Gasteiger partial charge in [-0.05, 0) is 26.9 Å². The molecule has 1 N–H and O–H groups in total. The molecule has 0 aliphatic carbocycles. The standard InChI is InChI=1S/C16H28N4O3S/c1-12(2)9-20(7-6-19(4)5)16(22)11-24-10-15(21)17-14-8-13(3)23-18-14/h8,12H,6-7,9-11H2,1-5H3,(H,17,18,21). The molecule has 1 rings (SSSR count). The molecule has 0 radical (unpaired) electrons. The van der Waals surface area contributed by atoms with Crippen molar-refractivity contribution in [2.75, 3.05) is 50.6 Å². The van der Waals surface area contributed by atoms with Gasteiger partial charge in [0, 0.05) is 25.7 Å². The van der Waals surface area contributed by atoms with Crippen LogP contribution in [0.4, 0.5) is 5.82 Å². The largest absolute Gasteiger partial charge is 0.360 e. The van der Waals surface area contributed by atoms with Crippen molar-refractivity contribution >= 4 is 29.4 Å². The van der Waals surface area contributed by atoms with E-state index >= 15 is 0 Å². The van der Waals surface area contributed by atoms with E-state index in [-0.39, 0.29) is 17.6 Å². The number of nitrogens with one attached hydrogen (secondary N) is 1. The molecule has 2 amide bonds. The molecular weight excluding hydrogens is 328 g/mol. The molecule has 0 unspecified atom stereocenters. The van der Waals surface area contributed by atoms with Crippen molar-refractivity contribution in [1.82, 2.24) is 15.0 Å². The lowest BCUT2D eigenvalue weighted by Crippen LogP contribution is -2.40. The molecule has 7 nitrogen and oxygen atoms in total. The Hall–Kier alpha value is -1.54. The van der Waals surface area contributed by atoms with Crippen molar-refractivity contribution in [3.8, 4) is 0 Å². The maximum atomic E-state index is 12.4. The number of likely N-dealkylation sites (N-methyl/N-ethyl adjacent to an activating group) is 1. The molecule has 0 aliphatic rings. The molecule has 136 valence electrons. The van der Waals surface area contributed by atoms with Crippen LogP contribution in [-0.4, -0.2) is 72.0 Å². The lowest BCUT2D eigenvalue weighted by molar-refractivity contribution is -0.129. The number of hydrogen-bond donors (Lipinski definition) is 1. The minimum atomic E-state index is -0.190. The fourth-order valence-electron chi connectivity index (χ4n) is 2.01. The average molecular weight is 356 g/mol. The van der Waals surface area contributed by atoms with Crippen LogP contribution >= 0.6 is 11.8 Å². The number of rotatable bonds is 10. The molecule has 0 saturated heterocycles. The van der Waals surface area contributed by atoms with Gasteiger partial charge in [-0.3, -0.25) is 9.59 Å². The molecule has 0 bridgehead atoms. The second-order valence-corrected chi connectivity index (χ2v) is 7.39. The van der Waals surface area contributed by atoms with E-state index in [1.165, 1.54) is 11.8 Å². The molecule has 0 saturated carbocycles. The van der Waals surface area contributed by atoms with Crippen LogP contribution in [0.3, 0.4) is 0 Å². The van der Waals surface area contributed by atoms with Gasteiger partial charge in [-0.2, -0.15) is 0 Å². The van der Waals surface area contributed by atoms with E-state index in [9.17, 15) is 9.59 Å². The molecule has 0 atom stereocenters. The zero-order valence-electron chi connectivity index (χ0n) is 15.2. The highest BCUT2D eigenvalue weighted by Gasteiger charge is 2.16. The third-order valence-electron chi connectivity index (χ3n) is 3.11. The number of amides is 2. The number of thioether (sulfide) groups is 1. The third kappa shape index (κ3) is 8.35. The van der Waals surface area contributed by atoms with Gasteiger partial charge < -0.3 is 19.6 Å². The first-order chi connectivity index (χ1) is 11.3. The Morgan fingerprint density at radius 1 is 1.29 bits per heavy atom. The molecule has 1 aromatic heterocycles. The van der Waals surface area contributed by atoms with Gasteiger partial charge in [0.2, 0.25) is 11.8 Å². The molecule has 0 fully saturated rings. The summed E-state index contributed by atoms with van der Waals surface area (Å²) < 4.78 is 4.89. The summed E-state index contributed by atoms with van der Waals surface area (Å²) in [6, 6.07) is 1.65. The topological polar surface area (TPSA) is 78.7 Å². The number of carbonyl (C=O) groups is 2. The molecular formula is C16H28N4O3S. The summed E-state index contributed by atoms with van der Waals surface area (Å²) >= 11 is 1.31. The van der Waals surface area contributed by atoms with Gasteiger partial charge in [0.25, 0.3) is 0 Å².